The number of amides is 3. The first kappa shape index (κ1) is 30.8. The third-order valence-corrected chi connectivity index (χ3v) is 8.40. The van der Waals surface area contributed by atoms with Gasteiger partial charge in [0, 0.05) is 34.1 Å². The minimum absolute atomic E-state index is 0.00852. The number of likely N-dealkylation sites (N-methyl/N-ethyl adjacent to an activating group) is 3. The van der Waals surface area contributed by atoms with E-state index in [2.05, 4.69) is 30.8 Å². The van der Waals surface area contributed by atoms with Gasteiger partial charge in [0.1, 0.15) is 25.3 Å². The Kier molecular flexibility index (Phi) is 10.0. The highest BCUT2D eigenvalue weighted by Crippen LogP contribution is 2.44. The molecule has 42 heavy (non-hydrogen) atoms. The van der Waals surface area contributed by atoms with E-state index in [4.69, 9.17) is 9.47 Å². The van der Waals surface area contributed by atoms with E-state index in [1.165, 1.54) is 27.8 Å². The van der Waals surface area contributed by atoms with Crippen molar-refractivity contribution in [3.63, 3.8) is 0 Å². The van der Waals surface area contributed by atoms with Gasteiger partial charge < -0.3 is 19.3 Å². The Morgan fingerprint density at radius 2 is 1.43 bits per heavy atom. The van der Waals surface area contributed by atoms with Crippen molar-refractivity contribution >= 4 is 23.9 Å². The third-order valence-electron chi connectivity index (χ3n) is 8.40. The van der Waals surface area contributed by atoms with Crippen LogP contribution < -0.4 is 0 Å². The van der Waals surface area contributed by atoms with Crippen LogP contribution in [-0.4, -0.2) is 92.1 Å². The Bertz CT molecular complexity index is 1270. The smallest absolute Gasteiger partial charge is 0.410 e. The molecule has 2 aromatic carbocycles. The zero-order chi connectivity index (χ0) is 30.4. The highest BCUT2D eigenvalue weighted by atomic mass is 16.6. The third kappa shape index (κ3) is 6.50. The van der Waals surface area contributed by atoms with Gasteiger partial charge in [-0.1, -0.05) is 74.0 Å². The highest BCUT2D eigenvalue weighted by molar-refractivity contribution is 5.93. The molecule has 3 amide bonds. The minimum atomic E-state index is -1.08. The van der Waals surface area contributed by atoms with Gasteiger partial charge in [0.2, 0.25) is 11.8 Å². The molecular weight excluding hydrogens is 534 g/mol. The molecule has 1 saturated carbocycles. The Morgan fingerprint density at radius 3 is 1.98 bits per heavy atom. The number of esters is 1. The number of fused-ring (bicyclic) bond motifs is 3. The monoisotopic (exact) mass is 575 g/mol. The van der Waals surface area contributed by atoms with Gasteiger partial charge in [-0.25, -0.2) is 4.79 Å². The quantitative estimate of drug-likeness (QED) is 0.290. The topological polar surface area (TPSA) is 96.5 Å². The molecule has 2 aliphatic carbocycles. The van der Waals surface area contributed by atoms with Crippen LogP contribution in [0.2, 0.25) is 0 Å². The average molecular weight is 576 g/mol. The normalized spacial score (nSPS) is 15.6. The summed E-state index contributed by atoms with van der Waals surface area (Å²) in [5, 5.41) is 0. The Morgan fingerprint density at radius 1 is 0.857 bits per heavy atom. The van der Waals surface area contributed by atoms with E-state index < -0.39 is 36.0 Å². The Hall–Kier alpha value is -4.14. The number of benzene rings is 2. The Balaban J connectivity index is 1.53. The van der Waals surface area contributed by atoms with E-state index in [0.717, 1.165) is 47.9 Å². The lowest BCUT2D eigenvalue weighted by atomic mass is 9.95. The molecule has 0 N–H and O–H groups in total. The molecule has 2 aliphatic rings. The van der Waals surface area contributed by atoms with Crippen molar-refractivity contribution in [3.8, 4) is 11.1 Å². The standard InChI is InChI=1S/C33H41N3O6/c1-6-19-41-29(37)20-28(31(38)34(2)3)35(4)32(39)30(22-13-7-8-14-22)36(5)33(40)42-21-27-25-17-11-9-15-23(25)24-16-10-12-18-26(24)27/h6,9-12,15-18,22,27-28,30H,1,7-8,13-14,19-21H2,2-5H3/t28-,30-/m0/s1. The van der Waals surface area contributed by atoms with Gasteiger partial charge in [0.15, 0.2) is 0 Å². The lowest BCUT2D eigenvalue weighted by molar-refractivity contribution is -0.153. The van der Waals surface area contributed by atoms with Crippen molar-refractivity contribution in [2.75, 3.05) is 41.4 Å². The molecule has 4 rings (SSSR count). The largest absolute Gasteiger partial charge is 0.461 e. The van der Waals surface area contributed by atoms with Gasteiger partial charge in [-0.05, 0) is 41.0 Å². The van der Waals surface area contributed by atoms with Crippen LogP contribution in [0.3, 0.4) is 0 Å². The van der Waals surface area contributed by atoms with Crippen LogP contribution in [0, 0.1) is 5.92 Å². The van der Waals surface area contributed by atoms with E-state index in [1.54, 1.807) is 21.1 Å². The second-order valence-corrected chi connectivity index (χ2v) is 11.3. The van der Waals surface area contributed by atoms with Crippen molar-refractivity contribution in [1.29, 1.82) is 0 Å². The first-order valence-electron chi connectivity index (χ1n) is 14.5. The molecule has 0 unspecified atom stereocenters. The molecule has 0 heterocycles. The first-order valence-corrected chi connectivity index (χ1v) is 14.5. The van der Waals surface area contributed by atoms with Crippen LogP contribution in [0.4, 0.5) is 4.79 Å². The summed E-state index contributed by atoms with van der Waals surface area (Å²) < 4.78 is 11.0. The average Bonchev–Trinajstić information content (AvgIpc) is 3.63. The summed E-state index contributed by atoms with van der Waals surface area (Å²) in [5.74, 6) is -1.63. The SMILES string of the molecule is C=CCOC(=O)C[C@@H](C(=O)N(C)C)N(C)C(=O)[C@H](C1CCCC1)N(C)C(=O)OCC1c2ccccc2-c2ccccc21. The zero-order valence-corrected chi connectivity index (χ0v) is 25.0. The number of rotatable bonds is 11. The summed E-state index contributed by atoms with van der Waals surface area (Å²) in [4.78, 5) is 57.1. The highest BCUT2D eigenvalue weighted by Gasteiger charge is 2.42. The van der Waals surface area contributed by atoms with Crippen molar-refractivity contribution in [2.24, 2.45) is 5.92 Å². The van der Waals surface area contributed by atoms with Crippen LogP contribution in [0.5, 0.6) is 0 Å². The molecule has 224 valence electrons. The van der Waals surface area contributed by atoms with Gasteiger partial charge in [-0.15, -0.1) is 0 Å². The number of ether oxygens (including phenoxy) is 2. The van der Waals surface area contributed by atoms with Gasteiger partial charge >= 0.3 is 12.1 Å². The number of carbonyl (C=O) groups excluding carboxylic acids is 4. The number of hydrogen-bond acceptors (Lipinski definition) is 6. The van der Waals surface area contributed by atoms with Crippen molar-refractivity contribution < 1.29 is 28.7 Å². The maximum absolute atomic E-state index is 14.1. The second-order valence-electron chi connectivity index (χ2n) is 11.3. The Labute approximate surface area is 248 Å². The molecule has 0 radical (unpaired) electrons. The summed E-state index contributed by atoms with van der Waals surface area (Å²) in [7, 11) is 6.22. The van der Waals surface area contributed by atoms with Gasteiger partial charge in [0.05, 0.1) is 6.42 Å². The minimum Gasteiger partial charge on any atom is -0.461 e. The van der Waals surface area contributed by atoms with Crippen molar-refractivity contribution in [1.82, 2.24) is 14.7 Å². The van der Waals surface area contributed by atoms with Crippen LogP contribution in [0.25, 0.3) is 11.1 Å². The fraction of sp³-hybridized carbons (Fsp3) is 0.455. The fourth-order valence-electron chi connectivity index (χ4n) is 6.18. The predicted molar refractivity (Wildman–Crippen MR) is 160 cm³/mol. The molecule has 1 fully saturated rings. The molecule has 2 aromatic rings. The van der Waals surface area contributed by atoms with Crippen LogP contribution >= 0.6 is 0 Å². The van der Waals surface area contributed by atoms with Gasteiger partial charge in [-0.3, -0.25) is 19.3 Å². The van der Waals surface area contributed by atoms with E-state index in [9.17, 15) is 19.2 Å². The molecule has 9 nitrogen and oxygen atoms in total. The summed E-state index contributed by atoms with van der Waals surface area (Å²) in [5.41, 5.74) is 4.47. The molecule has 9 heteroatoms. The molecule has 2 atom stereocenters. The number of hydrogen-bond donors (Lipinski definition) is 0. The molecule has 0 aliphatic heterocycles. The molecule has 0 aromatic heterocycles. The van der Waals surface area contributed by atoms with E-state index in [1.807, 2.05) is 24.3 Å². The molecule has 0 bridgehead atoms. The maximum atomic E-state index is 14.1. The first-order chi connectivity index (χ1) is 20.1. The van der Waals surface area contributed by atoms with Crippen LogP contribution in [0.15, 0.2) is 61.2 Å². The molecule has 0 saturated heterocycles. The lowest BCUT2D eigenvalue weighted by Crippen LogP contribution is -2.57. The summed E-state index contributed by atoms with van der Waals surface area (Å²) in [6.07, 6.45) is 3.98. The maximum Gasteiger partial charge on any atom is 0.410 e. The van der Waals surface area contributed by atoms with E-state index in [-0.39, 0.29) is 31.5 Å². The zero-order valence-electron chi connectivity index (χ0n) is 25.0. The fourth-order valence-corrected chi connectivity index (χ4v) is 6.18. The molecule has 0 spiro atoms. The second kappa shape index (κ2) is 13.7. The predicted octanol–water partition coefficient (Wildman–Crippen LogP) is 4.46. The lowest BCUT2D eigenvalue weighted by Gasteiger charge is -2.37. The van der Waals surface area contributed by atoms with Crippen LogP contribution in [-0.2, 0) is 23.9 Å². The summed E-state index contributed by atoms with van der Waals surface area (Å²) in [6.45, 7) is 3.68. The van der Waals surface area contributed by atoms with Crippen LogP contribution in [0.1, 0.15) is 49.1 Å². The number of nitrogens with zero attached hydrogens (tertiary/aromatic N) is 3. The van der Waals surface area contributed by atoms with Gasteiger partial charge in [0.25, 0.3) is 0 Å². The van der Waals surface area contributed by atoms with E-state index >= 15 is 0 Å². The van der Waals surface area contributed by atoms with E-state index in [0.29, 0.717) is 0 Å². The molecular formula is C33H41N3O6. The van der Waals surface area contributed by atoms with Crippen molar-refractivity contribution in [2.45, 2.75) is 50.1 Å². The summed E-state index contributed by atoms with van der Waals surface area (Å²) in [6, 6.07) is 14.3. The number of carbonyl (C=O) groups is 4. The van der Waals surface area contributed by atoms with Gasteiger partial charge in [-0.2, -0.15) is 0 Å². The summed E-state index contributed by atoms with van der Waals surface area (Å²) >= 11 is 0. The van der Waals surface area contributed by atoms with Crippen molar-refractivity contribution in [3.05, 3.63) is 72.3 Å².